The summed E-state index contributed by atoms with van der Waals surface area (Å²) in [6, 6.07) is 0. The first-order valence-corrected chi connectivity index (χ1v) is 27.2. The van der Waals surface area contributed by atoms with Crippen molar-refractivity contribution in [3.63, 3.8) is 0 Å². The normalized spacial score (nSPS) is 12.0. The van der Waals surface area contributed by atoms with Gasteiger partial charge in [0, 0.05) is 19.3 Å². The predicted molar refractivity (Wildman–Crippen MR) is 261 cm³/mol. The Morgan fingerprint density at radius 1 is 0.311 bits per heavy atom. The van der Waals surface area contributed by atoms with Gasteiger partial charge in [0.05, 0.1) is 0 Å². The average Bonchev–Trinajstić information content (AvgIpc) is 3.23. The minimum absolute atomic E-state index is 0.0633. The molecule has 1 atom stereocenters. The first kappa shape index (κ1) is 59.4. The Labute approximate surface area is 380 Å². The van der Waals surface area contributed by atoms with Crippen LogP contribution in [0.4, 0.5) is 0 Å². The second-order valence-corrected chi connectivity index (χ2v) is 19.8. The van der Waals surface area contributed by atoms with Crippen LogP contribution >= 0.6 is 0 Å². The molecular weight excluding hydrogens is 757 g/mol. The SMILES string of the molecule is CCCCCCCCCCCCCCCC(=O)O[C@@H](COC(=O)CCCCCCCCCCCCCCCCCC(C)C)COC(=O)CCCCCCCCCCCC(C)C. The molecule has 0 fully saturated rings. The maximum Gasteiger partial charge on any atom is 0.306 e. The van der Waals surface area contributed by atoms with Gasteiger partial charge in [-0.05, 0) is 31.1 Å². The van der Waals surface area contributed by atoms with Crippen molar-refractivity contribution >= 4 is 17.9 Å². The first-order valence-electron chi connectivity index (χ1n) is 27.2. The van der Waals surface area contributed by atoms with E-state index in [0.717, 1.165) is 69.6 Å². The van der Waals surface area contributed by atoms with Crippen molar-refractivity contribution in [1.29, 1.82) is 0 Å². The molecule has 0 aromatic heterocycles. The van der Waals surface area contributed by atoms with Gasteiger partial charge in [0.1, 0.15) is 13.2 Å². The average molecular weight is 863 g/mol. The van der Waals surface area contributed by atoms with E-state index in [0.29, 0.717) is 19.3 Å². The van der Waals surface area contributed by atoms with Crippen molar-refractivity contribution in [2.75, 3.05) is 13.2 Å². The lowest BCUT2D eigenvalue weighted by Crippen LogP contribution is -2.30. The van der Waals surface area contributed by atoms with Crippen LogP contribution in [0.1, 0.15) is 304 Å². The molecule has 6 nitrogen and oxygen atoms in total. The predicted octanol–water partition coefficient (Wildman–Crippen LogP) is 17.7. The smallest absolute Gasteiger partial charge is 0.306 e. The molecule has 6 heteroatoms. The van der Waals surface area contributed by atoms with E-state index in [9.17, 15) is 14.4 Å². The Balaban J connectivity index is 4.27. The highest BCUT2D eigenvalue weighted by molar-refractivity contribution is 5.71. The Bertz CT molecular complexity index is 931. The van der Waals surface area contributed by atoms with Crippen LogP contribution in [-0.4, -0.2) is 37.2 Å². The number of hydrogen-bond donors (Lipinski definition) is 0. The molecule has 0 radical (unpaired) electrons. The highest BCUT2D eigenvalue weighted by Gasteiger charge is 2.19. The largest absolute Gasteiger partial charge is 0.462 e. The van der Waals surface area contributed by atoms with Crippen LogP contribution in [0, 0.1) is 11.8 Å². The van der Waals surface area contributed by atoms with Crippen molar-refractivity contribution < 1.29 is 28.6 Å². The summed E-state index contributed by atoms with van der Waals surface area (Å²) >= 11 is 0. The number of carbonyl (C=O) groups excluding carboxylic acids is 3. The summed E-state index contributed by atoms with van der Waals surface area (Å²) in [7, 11) is 0. The van der Waals surface area contributed by atoms with Gasteiger partial charge < -0.3 is 14.2 Å². The minimum atomic E-state index is -0.762. The molecule has 0 amide bonds. The number of esters is 3. The molecule has 0 bridgehead atoms. The van der Waals surface area contributed by atoms with E-state index in [1.807, 2.05) is 0 Å². The highest BCUT2D eigenvalue weighted by Crippen LogP contribution is 2.18. The van der Waals surface area contributed by atoms with E-state index in [1.54, 1.807) is 0 Å². The van der Waals surface area contributed by atoms with Crippen molar-refractivity contribution in [3.8, 4) is 0 Å². The number of unbranched alkanes of at least 4 members (excludes halogenated alkanes) is 34. The van der Waals surface area contributed by atoms with Crippen LogP contribution in [-0.2, 0) is 28.6 Å². The number of carbonyl (C=O) groups is 3. The molecule has 0 aromatic carbocycles. The van der Waals surface area contributed by atoms with E-state index < -0.39 is 6.10 Å². The zero-order valence-electron chi connectivity index (χ0n) is 41.8. The summed E-state index contributed by atoms with van der Waals surface area (Å²) in [4.78, 5) is 38.0. The van der Waals surface area contributed by atoms with Gasteiger partial charge in [-0.2, -0.15) is 0 Å². The van der Waals surface area contributed by atoms with Crippen LogP contribution in [0.2, 0.25) is 0 Å². The van der Waals surface area contributed by atoms with Crippen LogP contribution in [0.3, 0.4) is 0 Å². The van der Waals surface area contributed by atoms with Crippen molar-refractivity contribution in [3.05, 3.63) is 0 Å². The third-order valence-corrected chi connectivity index (χ3v) is 12.5. The van der Waals surface area contributed by atoms with Gasteiger partial charge in [-0.15, -0.1) is 0 Å². The third kappa shape index (κ3) is 49.3. The molecule has 0 aromatic rings. The summed E-state index contributed by atoms with van der Waals surface area (Å²) in [5.41, 5.74) is 0. The molecule has 0 spiro atoms. The van der Waals surface area contributed by atoms with E-state index in [-0.39, 0.29) is 31.1 Å². The fraction of sp³-hybridized carbons (Fsp3) is 0.945. The first-order chi connectivity index (χ1) is 29.7. The van der Waals surface area contributed by atoms with Gasteiger partial charge in [0.15, 0.2) is 6.10 Å². The van der Waals surface area contributed by atoms with Gasteiger partial charge in [-0.25, -0.2) is 0 Å². The lowest BCUT2D eigenvalue weighted by atomic mass is 10.0. The molecule has 0 N–H and O–H groups in total. The molecule has 0 saturated heterocycles. The monoisotopic (exact) mass is 863 g/mol. The van der Waals surface area contributed by atoms with E-state index in [4.69, 9.17) is 14.2 Å². The van der Waals surface area contributed by atoms with Crippen molar-refractivity contribution in [2.24, 2.45) is 11.8 Å². The maximum absolute atomic E-state index is 12.8. The zero-order chi connectivity index (χ0) is 44.7. The third-order valence-electron chi connectivity index (χ3n) is 12.5. The van der Waals surface area contributed by atoms with Gasteiger partial charge in [0.25, 0.3) is 0 Å². The van der Waals surface area contributed by atoms with Crippen LogP contribution in [0.5, 0.6) is 0 Å². The lowest BCUT2D eigenvalue weighted by molar-refractivity contribution is -0.167. The Morgan fingerprint density at radius 2 is 0.541 bits per heavy atom. The Morgan fingerprint density at radius 3 is 0.803 bits per heavy atom. The molecule has 362 valence electrons. The Hall–Kier alpha value is -1.59. The second-order valence-electron chi connectivity index (χ2n) is 19.8. The van der Waals surface area contributed by atoms with Gasteiger partial charge in [-0.1, -0.05) is 266 Å². The fourth-order valence-corrected chi connectivity index (χ4v) is 8.34. The van der Waals surface area contributed by atoms with Crippen LogP contribution < -0.4 is 0 Å². The fourth-order valence-electron chi connectivity index (χ4n) is 8.34. The summed E-state index contributed by atoms with van der Waals surface area (Å²) < 4.78 is 16.8. The molecule has 0 unspecified atom stereocenters. The molecule has 0 aliphatic carbocycles. The second kappa shape index (κ2) is 47.9. The van der Waals surface area contributed by atoms with Crippen LogP contribution in [0.15, 0.2) is 0 Å². The van der Waals surface area contributed by atoms with Crippen molar-refractivity contribution in [2.45, 2.75) is 310 Å². The highest BCUT2D eigenvalue weighted by atomic mass is 16.6. The topological polar surface area (TPSA) is 78.9 Å². The standard InChI is InChI=1S/C55H106O6/c1-6-7-8-9-10-11-12-16-21-26-32-37-42-47-55(58)61-52(49-60-54(57)46-41-36-31-27-22-24-29-34-39-44-51(4)5)48-59-53(56)45-40-35-30-25-20-18-15-13-14-17-19-23-28-33-38-43-50(2)3/h50-52H,6-49H2,1-5H3/t52-/m0/s1. The Kier molecular flexibility index (Phi) is 46.6. The van der Waals surface area contributed by atoms with Crippen LogP contribution in [0.25, 0.3) is 0 Å². The summed E-state index contributed by atoms with van der Waals surface area (Å²) in [5.74, 6) is 0.813. The number of ether oxygens (including phenoxy) is 3. The summed E-state index contributed by atoms with van der Waals surface area (Å²) in [6.07, 6.45) is 49.5. The number of hydrogen-bond acceptors (Lipinski definition) is 6. The van der Waals surface area contributed by atoms with E-state index in [2.05, 4.69) is 34.6 Å². The summed E-state index contributed by atoms with van der Waals surface area (Å²) in [5, 5.41) is 0. The van der Waals surface area contributed by atoms with E-state index >= 15 is 0 Å². The quantitative estimate of drug-likeness (QED) is 0.0344. The molecule has 0 aliphatic heterocycles. The number of rotatable bonds is 49. The van der Waals surface area contributed by atoms with Crippen molar-refractivity contribution in [1.82, 2.24) is 0 Å². The minimum Gasteiger partial charge on any atom is -0.462 e. The summed E-state index contributed by atoms with van der Waals surface area (Å²) in [6.45, 7) is 11.4. The van der Waals surface area contributed by atoms with E-state index in [1.165, 1.54) is 193 Å². The molecule has 0 heterocycles. The molecule has 0 saturated carbocycles. The molecular formula is C55H106O6. The van der Waals surface area contributed by atoms with Gasteiger partial charge in [-0.3, -0.25) is 14.4 Å². The molecule has 61 heavy (non-hydrogen) atoms. The molecule has 0 rings (SSSR count). The maximum atomic E-state index is 12.8. The van der Waals surface area contributed by atoms with Gasteiger partial charge in [0.2, 0.25) is 0 Å². The molecule has 0 aliphatic rings. The lowest BCUT2D eigenvalue weighted by Gasteiger charge is -2.18. The zero-order valence-corrected chi connectivity index (χ0v) is 41.8. The van der Waals surface area contributed by atoms with Gasteiger partial charge >= 0.3 is 17.9 Å².